The van der Waals surface area contributed by atoms with Crippen LogP contribution >= 0.6 is 0 Å². The van der Waals surface area contributed by atoms with E-state index in [1.807, 2.05) is 24.4 Å². The molecule has 1 fully saturated rings. The highest BCUT2D eigenvalue weighted by Gasteiger charge is 2.18. The number of nitrogens with zero attached hydrogens (tertiary/aromatic N) is 5. The van der Waals surface area contributed by atoms with Crippen LogP contribution in [-0.4, -0.2) is 55.1 Å². The summed E-state index contributed by atoms with van der Waals surface area (Å²) in [6.45, 7) is 9.92. The molecule has 6 nitrogen and oxygen atoms in total. The summed E-state index contributed by atoms with van der Waals surface area (Å²) < 4.78 is 13.1. The van der Waals surface area contributed by atoms with Gasteiger partial charge in [0.2, 0.25) is 0 Å². The zero-order valence-corrected chi connectivity index (χ0v) is 16.7. The largest absolute Gasteiger partial charge is 0.370 e. The lowest BCUT2D eigenvalue weighted by Crippen LogP contribution is -2.51. The highest BCUT2D eigenvalue weighted by molar-refractivity contribution is 5.78. The number of rotatable bonds is 6. The van der Waals surface area contributed by atoms with Crippen LogP contribution in [0.4, 0.5) is 15.9 Å². The van der Waals surface area contributed by atoms with Crippen molar-refractivity contribution in [3.05, 3.63) is 54.0 Å². The van der Waals surface area contributed by atoms with Crippen molar-refractivity contribution in [3.8, 4) is 0 Å². The fourth-order valence-electron chi connectivity index (χ4n) is 3.36. The minimum absolute atomic E-state index is 0.210. The van der Waals surface area contributed by atoms with E-state index in [4.69, 9.17) is 5.73 Å². The van der Waals surface area contributed by atoms with Gasteiger partial charge in [-0.05, 0) is 49.7 Å². The van der Waals surface area contributed by atoms with E-state index in [0.29, 0.717) is 12.5 Å². The Labute approximate surface area is 166 Å². The minimum Gasteiger partial charge on any atom is -0.370 e. The van der Waals surface area contributed by atoms with Crippen LogP contribution in [-0.2, 0) is 6.54 Å². The van der Waals surface area contributed by atoms with Crippen molar-refractivity contribution in [1.82, 2.24) is 9.88 Å². The summed E-state index contributed by atoms with van der Waals surface area (Å²) in [5, 5.41) is 0. The molecular weight excluding hydrogens is 355 g/mol. The minimum atomic E-state index is -0.210. The van der Waals surface area contributed by atoms with Crippen molar-refractivity contribution in [2.75, 3.05) is 49.1 Å². The van der Waals surface area contributed by atoms with Gasteiger partial charge in [0.1, 0.15) is 11.6 Å². The smallest absolute Gasteiger partial charge is 0.191 e. The van der Waals surface area contributed by atoms with Gasteiger partial charge in [-0.15, -0.1) is 0 Å². The Morgan fingerprint density at radius 3 is 2.32 bits per heavy atom. The number of hydrogen-bond donors (Lipinski definition) is 1. The first kappa shape index (κ1) is 19.9. The Hall–Kier alpha value is -2.83. The van der Waals surface area contributed by atoms with Crippen LogP contribution in [0.25, 0.3) is 0 Å². The molecular formula is C21H29FN6. The number of nitrogens with two attached hydrogens (primary N) is 1. The molecule has 1 aromatic heterocycles. The molecule has 2 heterocycles. The molecule has 3 rings (SSSR count). The predicted molar refractivity (Wildman–Crippen MR) is 113 cm³/mol. The lowest BCUT2D eigenvalue weighted by Gasteiger charge is -2.36. The molecule has 150 valence electrons. The fourth-order valence-corrected chi connectivity index (χ4v) is 3.36. The molecule has 1 saturated heterocycles. The summed E-state index contributed by atoms with van der Waals surface area (Å²) in [5.41, 5.74) is 8.28. The van der Waals surface area contributed by atoms with E-state index in [1.54, 1.807) is 0 Å². The molecule has 0 unspecified atom stereocenters. The van der Waals surface area contributed by atoms with Gasteiger partial charge in [0.05, 0.1) is 6.54 Å². The second-order valence-electron chi connectivity index (χ2n) is 6.82. The van der Waals surface area contributed by atoms with Gasteiger partial charge in [0.15, 0.2) is 5.96 Å². The van der Waals surface area contributed by atoms with E-state index < -0.39 is 0 Å². The molecule has 0 spiro atoms. The molecule has 28 heavy (non-hydrogen) atoms. The van der Waals surface area contributed by atoms with Gasteiger partial charge in [-0.1, -0.05) is 6.07 Å². The second-order valence-corrected chi connectivity index (χ2v) is 6.82. The first-order valence-corrected chi connectivity index (χ1v) is 9.86. The van der Waals surface area contributed by atoms with Crippen molar-refractivity contribution in [2.24, 2.45) is 10.7 Å². The summed E-state index contributed by atoms with van der Waals surface area (Å²) >= 11 is 0. The van der Waals surface area contributed by atoms with E-state index in [2.05, 4.69) is 44.6 Å². The maximum absolute atomic E-state index is 13.1. The van der Waals surface area contributed by atoms with Gasteiger partial charge in [-0.25, -0.2) is 14.4 Å². The molecule has 0 atom stereocenters. The Bertz CT molecular complexity index is 762. The number of pyridine rings is 1. The summed E-state index contributed by atoms with van der Waals surface area (Å²) in [4.78, 5) is 15.6. The first-order chi connectivity index (χ1) is 13.6. The van der Waals surface area contributed by atoms with E-state index in [-0.39, 0.29) is 5.82 Å². The molecule has 0 radical (unpaired) electrons. The standard InChI is InChI=1S/C21H29FN6/c1-3-26(4-2)20-10-5-17(15-24-20)16-25-21(23)28-13-11-27(12-14-28)19-8-6-18(22)7-9-19/h5-10,15H,3-4,11-14,16H2,1-2H3,(H2,23,25). The van der Waals surface area contributed by atoms with Crippen LogP contribution in [0.3, 0.4) is 0 Å². The average Bonchev–Trinajstić information content (AvgIpc) is 2.74. The summed E-state index contributed by atoms with van der Waals surface area (Å²) in [5.74, 6) is 1.34. The normalized spacial score (nSPS) is 15.0. The number of benzene rings is 1. The number of aliphatic imine (C=N–C) groups is 1. The van der Waals surface area contributed by atoms with E-state index in [0.717, 1.165) is 56.3 Å². The third-order valence-corrected chi connectivity index (χ3v) is 5.12. The topological polar surface area (TPSA) is 61.0 Å². The van der Waals surface area contributed by atoms with Gasteiger partial charge in [0, 0.05) is 51.2 Å². The highest BCUT2D eigenvalue weighted by atomic mass is 19.1. The van der Waals surface area contributed by atoms with Crippen LogP contribution in [0.1, 0.15) is 19.4 Å². The van der Waals surface area contributed by atoms with Crippen LogP contribution in [0.2, 0.25) is 0 Å². The highest BCUT2D eigenvalue weighted by Crippen LogP contribution is 2.17. The molecule has 0 amide bonds. The molecule has 0 aliphatic carbocycles. The molecule has 1 aliphatic heterocycles. The number of halogens is 1. The molecule has 7 heteroatoms. The number of aromatic nitrogens is 1. The van der Waals surface area contributed by atoms with E-state index in [1.165, 1.54) is 12.1 Å². The van der Waals surface area contributed by atoms with Crippen molar-refractivity contribution in [2.45, 2.75) is 20.4 Å². The zero-order valence-electron chi connectivity index (χ0n) is 16.7. The second kappa shape index (κ2) is 9.39. The Kier molecular flexibility index (Phi) is 6.68. The molecule has 2 N–H and O–H groups in total. The van der Waals surface area contributed by atoms with Crippen LogP contribution in [0.5, 0.6) is 0 Å². The summed E-state index contributed by atoms with van der Waals surface area (Å²) in [7, 11) is 0. The van der Waals surface area contributed by atoms with Gasteiger partial charge >= 0.3 is 0 Å². The van der Waals surface area contributed by atoms with Gasteiger partial charge in [0.25, 0.3) is 0 Å². The monoisotopic (exact) mass is 384 g/mol. The van der Waals surface area contributed by atoms with Crippen LogP contribution < -0.4 is 15.5 Å². The summed E-state index contributed by atoms with van der Waals surface area (Å²) in [6, 6.07) is 10.7. The lowest BCUT2D eigenvalue weighted by atomic mass is 10.2. The average molecular weight is 385 g/mol. The quantitative estimate of drug-likeness (QED) is 0.613. The Balaban J connectivity index is 1.52. The zero-order chi connectivity index (χ0) is 19.9. The number of anilines is 2. The molecule has 2 aromatic rings. The molecule has 1 aromatic carbocycles. The van der Waals surface area contributed by atoms with Gasteiger partial charge < -0.3 is 20.4 Å². The predicted octanol–water partition coefficient (Wildman–Crippen LogP) is 2.70. The molecule has 0 bridgehead atoms. The maximum atomic E-state index is 13.1. The van der Waals surface area contributed by atoms with E-state index in [9.17, 15) is 4.39 Å². The van der Waals surface area contributed by atoms with Crippen molar-refractivity contribution < 1.29 is 4.39 Å². The molecule has 0 saturated carbocycles. The first-order valence-electron chi connectivity index (χ1n) is 9.86. The van der Waals surface area contributed by atoms with Crippen molar-refractivity contribution in [1.29, 1.82) is 0 Å². The van der Waals surface area contributed by atoms with Crippen molar-refractivity contribution in [3.63, 3.8) is 0 Å². The number of hydrogen-bond acceptors (Lipinski definition) is 4. The number of guanidine groups is 1. The SMILES string of the molecule is CCN(CC)c1ccc(CN=C(N)N2CCN(c3ccc(F)cc3)CC2)cn1. The van der Waals surface area contributed by atoms with Crippen LogP contribution in [0, 0.1) is 5.82 Å². The Morgan fingerprint density at radius 1 is 1.07 bits per heavy atom. The number of piperazine rings is 1. The maximum Gasteiger partial charge on any atom is 0.191 e. The third-order valence-electron chi connectivity index (χ3n) is 5.12. The Morgan fingerprint density at radius 2 is 1.75 bits per heavy atom. The molecule has 1 aliphatic rings. The lowest BCUT2D eigenvalue weighted by molar-refractivity contribution is 0.380. The van der Waals surface area contributed by atoms with Crippen molar-refractivity contribution >= 4 is 17.5 Å². The van der Waals surface area contributed by atoms with E-state index >= 15 is 0 Å². The van der Waals surface area contributed by atoms with Crippen LogP contribution in [0.15, 0.2) is 47.6 Å². The van der Waals surface area contributed by atoms with Gasteiger partial charge in [-0.2, -0.15) is 0 Å². The van der Waals surface area contributed by atoms with Gasteiger partial charge in [-0.3, -0.25) is 0 Å². The third kappa shape index (κ3) is 4.91. The fraction of sp³-hybridized carbons (Fsp3) is 0.429. The summed E-state index contributed by atoms with van der Waals surface area (Å²) in [6.07, 6.45) is 1.87.